The zero-order valence-corrected chi connectivity index (χ0v) is 9.53. The summed E-state index contributed by atoms with van der Waals surface area (Å²) in [6.07, 6.45) is 0. The summed E-state index contributed by atoms with van der Waals surface area (Å²) in [7, 11) is 1.36. The molecule has 1 aromatic carbocycles. The van der Waals surface area contributed by atoms with Crippen molar-refractivity contribution in [2.24, 2.45) is 0 Å². The molecular weight excluding hydrogens is 227 g/mol. The number of aryl methyl sites for hydroxylation is 1. The number of carboxylic acids is 1. The molecule has 0 saturated carbocycles. The molecule has 1 rings (SSSR count). The van der Waals surface area contributed by atoms with Crippen LogP contribution in [0.25, 0.3) is 0 Å². The van der Waals surface area contributed by atoms with E-state index in [4.69, 9.17) is 5.11 Å². The number of likely N-dealkylation sites (N-methyl/N-ethyl adjacent to an activating group) is 1. The molecule has 6 heteroatoms. The molecule has 5 nitrogen and oxygen atoms in total. The van der Waals surface area contributed by atoms with E-state index in [9.17, 15) is 14.0 Å². The minimum absolute atomic E-state index is 0.389. The number of benzene rings is 1. The standard InChI is InChI=1S/C11H13FN2O3/c1-7-5-8(12)3-4-9(7)13-11(17)14(2)6-10(15)16/h3-5H,6H2,1-2H3,(H,13,17)(H,15,16). The predicted molar refractivity (Wildman–Crippen MR) is 60.4 cm³/mol. The maximum absolute atomic E-state index is 12.8. The quantitative estimate of drug-likeness (QED) is 0.844. The van der Waals surface area contributed by atoms with Gasteiger partial charge < -0.3 is 15.3 Å². The molecule has 0 atom stereocenters. The largest absolute Gasteiger partial charge is 0.480 e. The van der Waals surface area contributed by atoms with E-state index in [1.807, 2.05) is 0 Å². The number of anilines is 1. The van der Waals surface area contributed by atoms with E-state index in [1.54, 1.807) is 6.92 Å². The molecule has 0 heterocycles. The van der Waals surface area contributed by atoms with Crippen LogP contribution in [0.2, 0.25) is 0 Å². The Morgan fingerprint density at radius 3 is 2.65 bits per heavy atom. The van der Waals surface area contributed by atoms with Gasteiger partial charge in [-0.05, 0) is 30.7 Å². The van der Waals surface area contributed by atoms with Crippen LogP contribution in [0, 0.1) is 12.7 Å². The van der Waals surface area contributed by atoms with Crippen LogP contribution in [0.4, 0.5) is 14.9 Å². The fraction of sp³-hybridized carbons (Fsp3) is 0.273. The van der Waals surface area contributed by atoms with Gasteiger partial charge in [0.2, 0.25) is 0 Å². The first-order valence-electron chi connectivity index (χ1n) is 4.90. The van der Waals surface area contributed by atoms with Crippen LogP contribution in [0.3, 0.4) is 0 Å². The molecule has 0 radical (unpaired) electrons. The van der Waals surface area contributed by atoms with Crippen LogP contribution >= 0.6 is 0 Å². The summed E-state index contributed by atoms with van der Waals surface area (Å²) in [6.45, 7) is 1.25. The van der Waals surface area contributed by atoms with E-state index >= 15 is 0 Å². The lowest BCUT2D eigenvalue weighted by Crippen LogP contribution is -2.35. The normalized spacial score (nSPS) is 9.82. The highest BCUT2D eigenvalue weighted by molar-refractivity contribution is 5.91. The molecule has 92 valence electrons. The van der Waals surface area contributed by atoms with Crippen molar-refractivity contribution < 1.29 is 19.1 Å². The van der Waals surface area contributed by atoms with E-state index in [-0.39, 0.29) is 5.82 Å². The Morgan fingerprint density at radius 1 is 1.47 bits per heavy atom. The molecule has 2 N–H and O–H groups in total. The molecule has 0 aromatic heterocycles. The highest BCUT2D eigenvalue weighted by Crippen LogP contribution is 2.15. The highest BCUT2D eigenvalue weighted by Gasteiger charge is 2.12. The van der Waals surface area contributed by atoms with Gasteiger partial charge in [-0.2, -0.15) is 0 Å². The Labute approximate surface area is 97.8 Å². The molecule has 0 aliphatic carbocycles. The minimum Gasteiger partial charge on any atom is -0.480 e. The molecule has 17 heavy (non-hydrogen) atoms. The van der Waals surface area contributed by atoms with Crippen molar-refractivity contribution in [2.45, 2.75) is 6.92 Å². The lowest BCUT2D eigenvalue weighted by molar-refractivity contribution is -0.137. The van der Waals surface area contributed by atoms with Crippen molar-refractivity contribution in [1.82, 2.24) is 4.90 Å². The van der Waals surface area contributed by atoms with E-state index in [0.717, 1.165) is 4.90 Å². The van der Waals surface area contributed by atoms with Crippen molar-refractivity contribution in [3.63, 3.8) is 0 Å². The Balaban J connectivity index is 2.71. The van der Waals surface area contributed by atoms with E-state index in [2.05, 4.69) is 5.32 Å². The predicted octanol–water partition coefficient (Wildman–Crippen LogP) is 1.68. The number of urea groups is 1. The summed E-state index contributed by atoms with van der Waals surface area (Å²) in [6, 6.07) is 3.38. The average molecular weight is 240 g/mol. The Bertz CT molecular complexity index is 448. The zero-order valence-electron chi connectivity index (χ0n) is 9.53. The Kier molecular flexibility index (Phi) is 4.03. The Morgan fingerprint density at radius 2 is 2.12 bits per heavy atom. The van der Waals surface area contributed by atoms with E-state index in [0.29, 0.717) is 11.3 Å². The van der Waals surface area contributed by atoms with E-state index in [1.165, 1.54) is 25.2 Å². The maximum atomic E-state index is 12.8. The third kappa shape index (κ3) is 3.75. The third-order valence-corrected chi connectivity index (χ3v) is 2.15. The lowest BCUT2D eigenvalue weighted by atomic mass is 10.2. The number of aliphatic carboxylic acids is 1. The fourth-order valence-electron chi connectivity index (χ4n) is 1.25. The first kappa shape index (κ1) is 13.0. The van der Waals surface area contributed by atoms with Crippen molar-refractivity contribution in [1.29, 1.82) is 0 Å². The SMILES string of the molecule is Cc1cc(F)ccc1NC(=O)N(C)CC(=O)O. The van der Waals surface area contributed by atoms with Crippen molar-refractivity contribution in [3.8, 4) is 0 Å². The number of hydrogen-bond donors (Lipinski definition) is 2. The second kappa shape index (κ2) is 5.29. The Hall–Kier alpha value is -2.11. The molecule has 0 saturated heterocycles. The number of halogens is 1. The first-order chi connectivity index (χ1) is 7.90. The van der Waals surface area contributed by atoms with Gasteiger partial charge in [0.15, 0.2) is 0 Å². The van der Waals surface area contributed by atoms with Gasteiger partial charge in [0, 0.05) is 12.7 Å². The number of carbonyl (C=O) groups is 2. The van der Waals surface area contributed by atoms with Gasteiger partial charge in [-0.3, -0.25) is 4.79 Å². The van der Waals surface area contributed by atoms with Crippen LogP contribution in [-0.4, -0.2) is 35.6 Å². The van der Waals surface area contributed by atoms with Crippen LogP contribution in [0.1, 0.15) is 5.56 Å². The zero-order chi connectivity index (χ0) is 13.0. The number of hydrogen-bond acceptors (Lipinski definition) is 2. The summed E-state index contributed by atoms with van der Waals surface area (Å²) in [5, 5.41) is 11.0. The van der Waals surface area contributed by atoms with Gasteiger partial charge >= 0.3 is 12.0 Å². The van der Waals surface area contributed by atoms with Crippen LogP contribution in [-0.2, 0) is 4.79 Å². The molecule has 0 bridgehead atoms. The molecule has 0 fully saturated rings. The number of rotatable bonds is 3. The molecule has 0 unspecified atom stereocenters. The van der Waals surface area contributed by atoms with Gasteiger partial charge in [0.05, 0.1) is 0 Å². The first-order valence-corrected chi connectivity index (χ1v) is 4.90. The van der Waals surface area contributed by atoms with Gasteiger partial charge in [0.25, 0.3) is 0 Å². The summed E-state index contributed by atoms with van der Waals surface area (Å²) in [4.78, 5) is 23.0. The number of carboxylic acid groups (broad SMARTS) is 1. The van der Waals surface area contributed by atoms with E-state index < -0.39 is 18.5 Å². The number of carbonyl (C=O) groups excluding carboxylic acids is 1. The maximum Gasteiger partial charge on any atom is 0.323 e. The molecule has 1 aromatic rings. The topological polar surface area (TPSA) is 69.6 Å². The molecule has 2 amide bonds. The molecule has 0 aliphatic heterocycles. The summed E-state index contributed by atoms with van der Waals surface area (Å²) in [5.74, 6) is -1.49. The van der Waals surface area contributed by atoms with Crippen molar-refractivity contribution in [2.75, 3.05) is 18.9 Å². The monoisotopic (exact) mass is 240 g/mol. The molecule has 0 spiro atoms. The van der Waals surface area contributed by atoms with Crippen LogP contribution < -0.4 is 5.32 Å². The van der Waals surface area contributed by atoms with Gasteiger partial charge in [0.1, 0.15) is 12.4 Å². The lowest BCUT2D eigenvalue weighted by Gasteiger charge is -2.16. The highest BCUT2D eigenvalue weighted by atomic mass is 19.1. The summed E-state index contributed by atoms with van der Waals surface area (Å²) in [5.41, 5.74) is 1.02. The smallest absolute Gasteiger partial charge is 0.323 e. The summed E-state index contributed by atoms with van der Waals surface area (Å²) < 4.78 is 12.8. The van der Waals surface area contributed by atoms with Crippen molar-refractivity contribution in [3.05, 3.63) is 29.6 Å². The van der Waals surface area contributed by atoms with Gasteiger partial charge in [-0.15, -0.1) is 0 Å². The average Bonchev–Trinajstić information content (AvgIpc) is 2.21. The van der Waals surface area contributed by atoms with Crippen LogP contribution in [0.5, 0.6) is 0 Å². The third-order valence-electron chi connectivity index (χ3n) is 2.15. The fourth-order valence-corrected chi connectivity index (χ4v) is 1.25. The minimum atomic E-state index is -1.10. The van der Waals surface area contributed by atoms with Gasteiger partial charge in [-0.25, -0.2) is 9.18 Å². The van der Waals surface area contributed by atoms with Crippen LogP contribution in [0.15, 0.2) is 18.2 Å². The number of nitrogens with one attached hydrogen (secondary N) is 1. The second-order valence-corrected chi connectivity index (χ2v) is 3.64. The molecule has 0 aliphatic rings. The molecular formula is C11H13FN2O3. The van der Waals surface area contributed by atoms with Gasteiger partial charge in [-0.1, -0.05) is 0 Å². The van der Waals surface area contributed by atoms with Crippen molar-refractivity contribution >= 4 is 17.7 Å². The number of nitrogens with zero attached hydrogens (tertiary/aromatic N) is 1. The number of amides is 2. The summed E-state index contributed by atoms with van der Waals surface area (Å²) >= 11 is 0. The second-order valence-electron chi connectivity index (χ2n) is 3.64.